The van der Waals surface area contributed by atoms with Crippen LogP contribution in [0.1, 0.15) is 12.2 Å². The van der Waals surface area contributed by atoms with Crippen molar-refractivity contribution >= 4 is 51.5 Å². The van der Waals surface area contributed by atoms with Crippen LogP contribution in [0.5, 0.6) is 0 Å². The summed E-state index contributed by atoms with van der Waals surface area (Å²) >= 11 is 0. The molecule has 2 N–H and O–H groups in total. The summed E-state index contributed by atoms with van der Waals surface area (Å²) in [7, 11) is -19.6. The summed E-state index contributed by atoms with van der Waals surface area (Å²) in [5.41, 5.74) is 0.900. The van der Waals surface area contributed by atoms with E-state index in [4.69, 9.17) is 0 Å². The number of hydrogen-bond donors (Lipinski definition) is 2. The molecule has 1 aromatic carbocycles. The third-order valence-corrected chi connectivity index (χ3v) is 12.0. The van der Waals surface area contributed by atoms with Crippen LogP contribution in [0.4, 0.5) is 0 Å². The Labute approximate surface area is 212 Å². The third kappa shape index (κ3) is 6.94. The molecular weight excluding hydrogens is 539 g/mol. The fraction of sp³-hybridized carbons (Fsp3) is 0.500. The molecule has 0 spiro atoms. The van der Waals surface area contributed by atoms with Crippen molar-refractivity contribution < 1.29 is 80.3 Å². The Balaban J connectivity index is 0.00000385. The number of hydrogen-bond acceptors (Lipinski definition) is 12. The molecule has 0 aliphatic carbocycles. The van der Waals surface area contributed by atoms with E-state index < -0.39 is 82.3 Å². The molecule has 2 heterocycles. The van der Waals surface area contributed by atoms with Crippen LogP contribution >= 0.6 is 0 Å². The van der Waals surface area contributed by atoms with Gasteiger partial charge in [0, 0.05) is 12.8 Å². The van der Waals surface area contributed by atoms with Gasteiger partial charge in [0.2, 0.25) is 9.16 Å². The third-order valence-electron chi connectivity index (χ3n) is 4.28. The molecule has 0 amide bonds. The first-order valence-electron chi connectivity index (χ1n) is 8.77. The minimum absolute atomic E-state index is 0. The number of benzene rings is 1. The average molecular weight is 558 g/mol. The normalized spacial score (nSPS) is 20.0. The Morgan fingerprint density at radius 1 is 1.09 bits per heavy atom. The van der Waals surface area contributed by atoms with Crippen LogP contribution in [0.2, 0.25) is 0 Å². The van der Waals surface area contributed by atoms with Gasteiger partial charge in [0.1, 0.15) is 5.82 Å². The van der Waals surface area contributed by atoms with E-state index in [1.165, 1.54) is 0 Å². The summed E-state index contributed by atoms with van der Waals surface area (Å²) in [6.45, 7) is -2.16. The Bertz CT molecular complexity index is 1350. The molecule has 0 bridgehead atoms. The van der Waals surface area contributed by atoms with E-state index in [2.05, 4.69) is 22.5 Å². The predicted octanol–water partition coefficient (Wildman–Crippen LogP) is -3.91. The molecule has 0 radical (unpaired) electrons. The summed E-state index contributed by atoms with van der Waals surface area (Å²) in [6, 6.07) is 6.50. The molecule has 3 rings (SSSR count). The van der Waals surface area contributed by atoms with Gasteiger partial charge in [0.15, 0.2) is 0 Å². The molecule has 14 nitrogen and oxygen atoms in total. The fourth-order valence-electron chi connectivity index (χ4n) is 2.84. The van der Waals surface area contributed by atoms with Crippen LogP contribution in [0.25, 0.3) is 11.0 Å². The van der Waals surface area contributed by atoms with Crippen molar-refractivity contribution in [1.29, 1.82) is 0 Å². The first kappa shape index (κ1) is 28.6. The van der Waals surface area contributed by atoms with Gasteiger partial charge in [0.05, 0.1) is 30.9 Å². The van der Waals surface area contributed by atoms with E-state index >= 15 is 0 Å². The maximum atomic E-state index is 12.5. The first-order valence-corrected chi connectivity index (χ1v) is 14.7. The molecule has 1 saturated heterocycles. The van der Waals surface area contributed by atoms with E-state index in [0.717, 1.165) is 0 Å². The monoisotopic (exact) mass is 557 g/mol. The van der Waals surface area contributed by atoms with E-state index in [9.17, 15) is 38.2 Å². The molecule has 0 saturated carbocycles. The Morgan fingerprint density at radius 3 is 2.21 bits per heavy atom. The van der Waals surface area contributed by atoms with Gasteiger partial charge >= 0.3 is 29.6 Å². The molecule has 1 aliphatic rings. The van der Waals surface area contributed by atoms with Crippen LogP contribution in [0.3, 0.4) is 0 Å². The Kier molecular flexibility index (Phi) is 9.11. The molecule has 1 aliphatic heterocycles. The topological polar surface area (TPSA) is 213 Å². The molecule has 19 heteroatoms. The van der Waals surface area contributed by atoms with Crippen LogP contribution in [0, 0.1) is 0 Å². The van der Waals surface area contributed by atoms with Gasteiger partial charge in [-0.1, -0.05) is 12.1 Å². The molecule has 1 atom stereocenters. The van der Waals surface area contributed by atoms with Gasteiger partial charge in [-0.15, -0.1) is 0 Å². The van der Waals surface area contributed by atoms with E-state index in [1.807, 2.05) is 0 Å². The van der Waals surface area contributed by atoms with Crippen LogP contribution < -0.4 is 29.6 Å². The van der Waals surface area contributed by atoms with E-state index in [-0.39, 0.29) is 35.4 Å². The Morgan fingerprint density at radius 2 is 1.67 bits per heavy atom. The number of aromatic nitrogens is 2. The van der Waals surface area contributed by atoms with Crippen LogP contribution in [0.15, 0.2) is 24.3 Å². The van der Waals surface area contributed by atoms with Gasteiger partial charge in [0.25, 0.3) is 40.5 Å². The zero-order valence-electron chi connectivity index (χ0n) is 17.0. The van der Waals surface area contributed by atoms with E-state index in [1.54, 1.807) is 24.3 Å². The first-order chi connectivity index (χ1) is 14.7. The zero-order chi connectivity index (χ0) is 23.8. The largest absolute Gasteiger partial charge is 1.00 e. The summed E-state index contributed by atoms with van der Waals surface area (Å²) < 4.78 is 114. The summed E-state index contributed by atoms with van der Waals surface area (Å²) in [5.74, 6) is -0.0864. The van der Waals surface area contributed by atoms with Gasteiger partial charge in [-0.3, -0.25) is 17.1 Å². The predicted molar refractivity (Wildman–Crippen MR) is 108 cm³/mol. The number of para-hydroxylation sites is 2. The molecule has 1 aromatic heterocycles. The van der Waals surface area contributed by atoms with Gasteiger partial charge in [-0.2, -0.15) is 33.7 Å². The minimum atomic E-state index is -5.22. The number of imidazole rings is 1. The van der Waals surface area contributed by atoms with Crippen molar-refractivity contribution in [2.75, 3.05) is 19.8 Å². The summed E-state index contributed by atoms with van der Waals surface area (Å²) in [6.07, 6.45) is -1.76. The van der Waals surface area contributed by atoms with Gasteiger partial charge in [-0.25, -0.2) is 4.98 Å². The summed E-state index contributed by atoms with van der Waals surface area (Å²) in [4.78, 5) is 6.75. The van der Waals surface area contributed by atoms with Crippen LogP contribution in [-0.2, 0) is 59.4 Å². The number of rotatable bonds is 8. The minimum Gasteiger partial charge on any atom is -0.342 e. The molecule has 1 unspecified atom stereocenters. The zero-order valence-corrected chi connectivity index (χ0v) is 22.3. The standard InChI is InChI=1S/C14H18N2O12S4.Na/c17-29(18,19)14(9-12-15-10-3-1-2-4-11(10)16-12)32(24,25)26-6-5-13-30(20,21)27-7-8-28-31(13,22)23;/h1-4,13-14H,5-9H2,(H,15,16)(H,17,18,19);/q;+1. The number of fused-ring (bicyclic) bond motifs is 1. The second-order valence-corrected chi connectivity index (χ2v) is 14.1. The van der Waals surface area contributed by atoms with Crippen molar-refractivity contribution in [2.24, 2.45) is 0 Å². The Hall–Kier alpha value is -0.670. The smallest absolute Gasteiger partial charge is 0.342 e. The molecule has 2 aromatic rings. The number of nitrogens with zero attached hydrogens (tertiary/aromatic N) is 1. The maximum Gasteiger partial charge on any atom is 1.00 e. The van der Waals surface area contributed by atoms with Gasteiger partial charge in [-0.05, 0) is 12.1 Å². The number of H-pyrrole nitrogens is 1. The van der Waals surface area contributed by atoms with Gasteiger partial charge < -0.3 is 4.98 Å². The SMILES string of the molecule is O=S(=O)(O)C(Cc1nc2ccccc2[nH]1)S(=O)(=O)OCCC1S(=O)(=O)OCCOS1(=O)=O.[Na+]. The summed E-state index contributed by atoms with van der Waals surface area (Å²) in [5, 5.41) is 0. The molecule has 180 valence electrons. The fourth-order valence-corrected chi connectivity index (χ4v) is 8.57. The van der Waals surface area contributed by atoms with Crippen molar-refractivity contribution in [3.63, 3.8) is 0 Å². The van der Waals surface area contributed by atoms with Crippen molar-refractivity contribution in [3.8, 4) is 0 Å². The second-order valence-electron chi connectivity index (χ2n) is 6.51. The molecule has 1 fully saturated rings. The average Bonchev–Trinajstić information content (AvgIpc) is 3.04. The molecular formula is C14H18N2NaO12S4+. The van der Waals surface area contributed by atoms with E-state index in [0.29, 0.717) is 11.0 Å². The number of aromatic amines is 1. The van der Waals surface area contributed by atoms with Crippen LogP contribution in [-0.4, -0.2) is 77.2 Å². The quantitative estimate of drug-likeness (QED) is 0.181. The van der Waals surface area contributed by atoms with Crippen molar-refractivity contribution in [2.45, 2.75) is 22.0 Å². The second kappa shape index (κ2) is 10.5. The van der Waals surface area contributed by atoms with Crippen molar-refractivity contribution in [3.05, 3.63) is 30.1 Å². The number of nitrogens with one attached hydrogen (secondary N) is 1. The molecule has 33 heavy (non-hydrogen) atoms. The maximum absolute atomic E-state index is 12.5. The van der Waals surface area contributed by atoms with Crippen molar-refractivity contribution in [1.82, 2.24) is 9.97 Å².